The molecule has 1 fully saturated rings. The molecular weight excluding hydrogens is 460 g/mol. The van der Waals surface area contributed by atoms with Crippen LogP contribution in [-0.4, -0.2) is 81.3 Å². The highest BCUT2D eigenvalue weighted by Crippen LogP contribution is 2.33. The van der Waals surface area contributed by atoms with E-state index >= 15 is 0 Å². The Labute approximate surface area is 216 Å². The van der Waals surface area contributed by atoms with E-state index in [1.165, 1.54) is 32.8 Å². The molecule has 1 aliphatic heterocycles. The van der Waals surface area contributed by atoms with Gasteiger partial charge in [0.2, 0.25) is 0 Å². The minimum absolute atomic E-state index is 0.0559. The van der Waals surface area contributed by atoms with Crippen LogP contribution in [-0.2, 0) is 14.3 Å². The second kappa shape index (κ2) is 17.1. The van der Waals surface area contributed by atoms with E-state index in [4.69, 9.17) is 19.9 Å². The number of anilines is 2. The smallest absolute Gasteiger partial charge is 0.320 e. The normalized spacial score (nSPS) is 14.5. The molecule has 1 saturated heterocycles. The van der Waals surface area contributed by atoms with Crippen molar-refractivity contribution < 1.29 is 19.0 Å². The van der Waals surface area contributed by atoms with Gasteiger partial charge in [0.25, 0.3) is 0 Å². The van der Waals surface area contributed by atoms with Crippen LogP contribution >= 0.6 is 0 Å². The summed E-state index contributed by atoms with van der Waals surface area (Å²) in [5, 5.41) is 0. The van der Waals surface area contributed by atoms with Crippen LogP contribution in [0.5, 0.6) is 6.01 Å². The average molecular weight is 507 g/mol. The number of unbranched alkanes of at least 4 members (excludes halogenated alkanes) is 6. The molecule has 1 aromatic heterocycles. The summed E-state index contributed by atoms with van der Waals surface area (Å²) in [4.78, 5) is 29.0. The second-order valence-corrected chi connectivity index (χ2v) is 9.37. The third kappa shape index (κ3) is 9.89. The summed E-state index contributed by atoms with van der Waals surface area (Å²) < 4.78 is 16.0. The molecular formula is C26H46N6O4. The largest absolute Gasteiger partial charge is 0.469 e. The van der Waals surface area contributed by atoms with Crippen LogP contribution in [0, 0.1) is 5.92 Å². The molecule has 0 aromatic carbocycles. The Kier molecular flexibility index (Phi) is 14.1. The molecule has 2 N–H and O–H groups in total. The van der Waals surface area contributed by atoms with Crippen molar-refractivity contribution in [3.8, 4) is 6.01 Å². The van der Waals surface area contributed by atoms with Crippen molar-refractivity contribution in [3.63, 3.8) is 0 Å². The number of aliphatic imine (C=N–C) groups is 1. The molecule has 0 unspecified atom stereocenters. The molecule has 0 saturated carbocycles. The Bertz CT molecular complexity index is 786. The quantitative estimate of drug-likeness (QED) is 0.135. The Morgan fingerprint density at radius 1 is 1.11 bits per heavy atom. The lowest BCUT2D eigenvalue weighted by atomic mass is 9.97. The van der Waals surface area contributed by atoms with E-state index in [-0.39, 0.29) is 23.7 Å². The minimum Gasteiger partial charge on any atom is -0.469 e. The molecule has 204 valence electrons. The molecule has 0 atom stereocenters. The van der Waals surface area contributed by atoms with Crippen LogP contribution in [0.25, 0.3) is 0 Å². The summed E-state index contributed by atoms with van der Waals surface area (Å²) in [5.74, 6) is 0.889. The third-order valence-electron chi connectivity index (χ3n) is 6.62. The van der Waals surface area contributed by atoms with Crippen LogP contribution in [0.1, 0.15) is 71.1 Å². The van der Waals surface area contributed by atoms with E-state index in [1.54, 1.807) is 7.11 Å². The van der Waals surface area contributed by atoms with Crippen molar-refractivity contribution in [3.05, 3.63) is 0 Å². The van der Waals surface area contributed by atoms with E-state index < -0.39 is 0 Å². The van der Waals surface area contributed by atoms with Gasteiger partial charge >= 0.3 is 12.0 Å². The number of carbonyl (C=O) groups is 1. The Hall–Kier alpha value is -2.46. The highest BCUT2D eigenvalue weighted by atomic mass is 16.5. The summed E-state index contributed by atoms with van der Waals surface area (Å²) in [6.07, 6.45) is 10.8. The van der Waals surface area contributed by atoms with E-state index in [9.17, 15) is 4.79 Å². The molecule has 2 heterocycles. The van der Waals surface area contributed by atoms with Gasteiger partial charge in [-0.25, -0.2) is 0 Å². The number of rotatable bonds is 18. The number of carbonyl (C=O) groups excluding carboxylic acids is 1. The average Bonchev–Trinajstić information content (AvgIpc) is 2.89. The van der Waals surface area contributed by atoms with Gasteiger partial charge < -0.3 is 29.7 Å². The van der Waals surface area contributed by atoms with Gasteiger partial charge in [-0.1, -0.05) is 39.0 Å². The van der Waals surface area contributed by atoms with E-state index in [0.29, 0.717) is 24.8 Å². The van der Waals surface area contributed by atoms with Crippen molar-refractivity contribution in [2.24, 2.45) is 10.9 Å². The van der Waals surface area contributed by atoms with Crippen LogP contribution in [0.4, 0.5) is 17.3 Å². The van der Waals surface area contributed by atoms with Crippen molar-refractivity contribution in [2.75, 3.05) is 64.4 Å². The van der Waals surface area contributed by atoms with Crippen LogP contribution in [0.15, 0.2) is 4.99 Å². The van der Waals surface area contributed by atoms with Gasteiger partial charge in [0.05, 0.1) is 19.6 Å². The summed E-state index contributed by atoms with van der Waals surface area (Å²) in [6.45, 7) is 10.6. The van der Waals surface area contributed by atoms with Gasteiger partial charge in [-0.15, -0.1) is 0 Å². The van der Waals surface area contributed by atoms with Crippen LogP contribution < -0.4 is 15.4 Å². The first-order valence-corrected chi connectivity index (χ1v) is 13.3. The Morgan fingerprint density at radius 3 is 2.44 bits per heavy atom. The van der Waals surface area contributed by atoms with Crippen molar-refractivity contribution in [1.29, 1.82) is 0 Å². The number of hydrogen-bond donors (Lipinski definition) is 1. The first-order chi connectivity index (χ1) is 17.5. The van der Waals surface area contributed by atoms with E-state index in [0.717, 1.165) is 64.7 Å². The highest BCUT2D eigenvalue weighted by Gasteiger charge is 2.25. The lowest BCUT2D eigenvalue weighted by Crippen LogP contribution is -2.37. The zero-order chi connectivity index (χ0) is 26.2. The SMILES string of the molecule is C=Nc1c(N)nc(OCCCC)nc1N(CCCCCCCCN1CCC(C(=O)OC)CC1)COC. The molecule has 1 aliphatic rings. The molecule has 0 aliphatic carbocycles. The first kappa shape index (κ1) is 29.8. The number of nitrogens with zero attached hydrogens (tertiary/aromatic N) is 5. The Morgan fingerprint density at radius 2 is 1.81 bits per heavy atom. The number of nitrogen functional groups attached to an aromatic ring is 1. The van der Waals surface area contributed by atoms with Gasteiger partial charge in [0.1, 0.15) is 12.4 Å². The number of aromatic nitrogens is 2. The van der Waals surface area contributed by atoms with Gasteiger partial charge in [0.15, 0.2) is 11.6 Å². The summed E-state index contributed by atoms with van der Waals surface area (Å²) in [6, 6.07) is 0.263. The number of piperidine rings is 1. The van der Waals surface area contributed by atoms with Crippen LogP contribution in [0.2, 0.25) is 0 Å². The number of ether oxygens (including phenoxy) is 3. The number of nitrogens with two attached hydrogens (primary N) is 1. The molecule has 0 radical (unpaired) electrons. The maximum absolute atomic E-state index is 11.7. The zero-order valence-electron chi connectivity index (χ0n) is 22.5. The van der Waals surface area contributed by atoms with Crippen LogP contribution in [0.3, 0.4) is 0 Å². The number of likely N-dealkylation sites (tertiary alicyclic amines) is 1. The molecule has 10 heteroatoms. The molecule has 10 nitrogen and oxygen atoms in total. The standard InChI is InChI=1S/C26H46N6O4/c1-5-6-19-36-26-29-23(27)22(28-2)24(30-26)32(20-34-3)16-12-10-8-7-9-11-15-31-17-13-21(14-18-31)25(33)35-4/h21H,2,5-20H2,1,3-4H3,(H2,27,29,30). The lowest BCUT2D eigenvalue weighted by molar-refractivity contribution is -0.147. The maximum atomic E-state index is 11.7. The Balaban J connectivity index is 1.71. The zero-order valence-corrected chi connectivity index (χ0v) is 22.5. The summed E-state index contributed by atoms with van der Waals surface area (Å²) in [7, 11) is 3.14. The fourth-order valence-corrected chi connectivity index (χ4v) is 4.48. The lowest BCUT2D eigenvalue weighted by Gasteiger charge is -2.30. The fourth-order valence-electron chi connectivity index (χ4n) is 4.48. The summed E-state index contributed by atoms with van der Waals surface area (Å²) in [5.41, 5.74) is 6.58. The highest BCUT2D eigenvalue weighted by molar-refractivity contribution is 5.75. The number of methoxy groups -OCH3 is 2. The molecule has 36 heavy (non-hydrogen) atoms. The predicted molar refractivity (Wildman–Crippen MR) is 144 cm³/mol. The fraction of sp³-hybridized carbons (Fsp3) is 0.769. The number of hydrogen-bond acceptors (Lipinski definition) is 10. The van der Waals surface area contributed by atoms with Gasteiger partial charge in [-0.05, 0) is 58.5 Å². The van der Waals surface area contributed by atoms with Crippen molar-refractivity contribution >= 4 is 30.0 Å². The van der Waals surface area contributed by atoms with Crippen molar-refractivity contribution in [2.45, 2.75) is 71.1 Å². The van der Waals surface area contributed by atoms with Gasteiger partial charge in [-0.2, -0.15) is 9.97 Å². The first-order valence-electron chi connectivity index (χ1n) is 13.3. The maximum Gasteiger partial charge on any atom is 0.320 e. The molecule has 1 aromatic rings. The predicted octanol–water partition coefficient (Wildman–Crippen LogP) is 4.21. The van der Waals surface area contributed by atoms with Crippen molar-refractivity contribution in [1.82, 2.24) is 14.9 Å². The molecule has 0 spiro atoms. The second-order valence-electron chi connectivity index (χ2n) is 9.37. The topological polar surface area (TPSA) is 115 Å². The van der Waals surface area contributed by atoms with Gasteiger partial charge in [-0.3, -0.25) is 9.79 Å². The third-order valence-corrected chi connectivity index (χ3v) is 6.62. The van der Waals surface area contributed by atoms with E-state index in [1.807, 2.05) is 4.90 Å². The molecule has 2 rings (SSSR count). The minimum atomic E-state index is -0.0559. The molecule has 0 bridgehead atoms. The van der Waals surface area contributed by atoms with Gasteiger partial charge in [0, 0.05) is 13.7 Å². The molecule has 0 amide bonds. The summed E-state index contributed by atoms with van der Waals surface area (Å²) >= 11 is 0. The van der Waals surface area contributed by atoms with E-state index in [2.05, 4.69) is 33.5 Å². The monoisotopic (exact) mass is 506 g/mol. The number of esters is 1.